The number of ether oxygens (including phenoxy) is 1. The number of nitrogens with zero attached hydrogens (tertiary/aromatic N) is 1. The van der Waals surface area contributed by atoms with Gasteiger partial charge >= 0.3 is 12.1 Å². The van der Waals surface area contributed by atoms with Crippen molar-refractivity contribution in [2.24, 2.45) is 0 Å². The van der Waals surface area contributed by atoms with Gasteiger partial charge in [-0.2, -0.15) is 0 Å². The second-order valence-corrected chi connectivity index (χ2v) is 8.32. The average molecular weight is 426 g/mol. The molecule has 8 heteroatoms. The zero-order chi connectivity index (χ0) is 22.6. The van der Waals surface area contributed by atoms with Crippen molar-refractivity contribution in [3.05, 3.63) is 69.8 Å². The van der Waals surface area contributed by atoms with Crippen molar-refractivity contribution in [3.8, 4) is 11.1 Å². The maximum absolute atomic E-state index is 12.3. The van der Waals surface area contributed by atoms with Crippen LogP contribution in [0.25, 0.3) is 11.1 Å². The average Bonchev–Trinajstić information content (AvgIpc) is 3.05. The lowest BCUT2D eigenvalue weighted by Gasteiger charge is -2.19. The van der Waals surface area contributed by atoms with E-state index in [4.69, 9.17) is 4.74 Å². The third kappa shape index (κ3) is 5.02. The first-order chi connectivity index (χ1) is 14.7. The van der Waals surface area contributed by atoms with Gasteiger partial charge in [0.2, 0.25) is 5.54 Å². The molecule has 2 N–H and O–H groups in total. The van der Waals surface area contributed by atoms with Crippen molar-refractivity contribution < 1.29 is 24.4 Å². The molecule has 0 bridgehead atoms. The molecule has 0 aromatic heterocycles. The number of carbonyl (C=O) groups is 2. The molecule has 8 nitrogen and oxygen atoms in total. The van der Waals surface area contributed by atoms with Crippen LogP contribution in [0.2, 0.25) is 0 Å². The van der Waals surface area contributed by atoms with Gasteiger partial charge in [0.1, 0.15) is 12.6 Å². The van der Waals surface area contributed by atoms with Crippen molar-refractivity contribution in [1.82, 2.24) is 5.32 Å². The maximum atomic E-state index is 12.3. The van der Waals surface area contributed by atoms with Gasteiger partial charge in [-0.25, -0.2) is 9.59 Å². The highest BCUT2D eigenvalue weighted by atomic mass is 16.6. The third-order valence-electron chi connectivity index (χ3n) is 5.71. The summed E-state index contributed by atoms with van der Waals surface area (Å²) in [6.07, 6.45) is -0.246. The van der Waals surface area contributed by atoms with E-state index >= 15 is 0 Å². The van der Waals surface area contributed by atoms with Gasteiger partial charge in [0, 0.05) is 31.1 Å². The molecule has 1 amide bonds. The van der Waals surface area contributed by atoms with E-state index in [1.165, 1.54) is 13.8 Å². The van der Waals surface area contributed by atoms with E-state index in [0.717, 1.165) is 22.3 Å². The highest BCUT2D eigenvalue weighted by Crippen LogP contribution is 2.44. The molecule has 0 spiro atoms. The van der Waals surface area contributed by atoms with E-state index < -0.39 is 23.6 Å². The SMILES string of the molecule is CC(C)(CCCC(NC(=O)OCC1c2ccccc2-c2ccccc21)C(=O)O)[N+](=O)[O-]. The lowest BCUT2D eigenvalue weighted by Crippen LogP contribution is -2.42. The number of fused-ring (bicyclic) bond motifs is 3. The number of nitro groups is 1. The molecule has 2 aromatic rings. The molecular formula is C23H26N2O6. The van der Waals surface area contributed by atoms with Crippen LogP contribution < -0.4 is 5.32 Å². The second-order valence-electron chi connectivity index (χ2n) is 8.32. The van der Waals surface area contributed by atoms with E-state index in [9.17, 15) is 24.8 Å². The summed E-state index contributed by atoms with van der Waals surface area (Å²) in [6, 6.07) is 14.7. The van der Waals surface area contributed by atoms with Gasteiger partial charge in [0.15, 0.2) is 0 Å². The number of hydrogen-bond donors (Lipinski definition) is 2. The summed E-state index contributed by atoms with van der Waals surface area (Å²) in [5, 5.41) is 22.8. The molecular weight excluding hydrogens is 400 g/mol. The van der Waals surface area contributed by atoms with E-state index in [1.807, 2.05) is 48.5 Å². The molecule has 1 aliphatic rings. The Morgan fingerprint density at radius 3 is 2.19 bits per heavy atom. The lowest BCUT2D eigenvalue weighted by molar-refractivity contribution is -0.561. The second kappa shape index (κ2) is 9.16. The maximum Gasteiger partial charge on any atom is 0.407 e. The van der Waals surface area contributed by atoms with Gasteiger partial charge in [0.05, 0.1) is 0 Å². The molecule has 2 aromatic carbocycles. The first-order valence-electron chi connectivity index (χ1n) is 10.2. The molecule has 0 saturated heterocycles. The normalized spacial score (nSPS) is 13.7. The smallest absolute Gasteiger partial charge is 0.407 e. The minimum Gasteiger partial charge on any atom is -0.480 e. The van der Waals surface area contributed by atoms with Crippen LogP contribution in [0.15, 0.2) is 48.5 Å². The van der Waals surface area contributed by atoms with Crippen molar-refractivity contribution in [2.75, 3.05) is 6.61 Å². The Bertz CT molecular complexity index is 942. The van der Waals surface area contributed by atoms with Gasteiger partial charge in [-0.3, -0.25) is 10.1 Å². The van der Waals surface area contributed by atoms with Gasteiger partial charge in [0.25, 0.3) is 0 Å². The van der Waals surface area contributed by atoms with Crippen molar-refractivity contribution in [1.29, 1.82) is 0 Å². The molecule has 1 aliphatic carbocycles. The van der Waals surface area contributed by atoms with Crippen LogP contribution >= 0.6 is 0 Å². The number of carboxylic acids is 1. The topological polar surface area (TPSA) is 119 Å². The molecule has 0 heterocycles. The fraction of sp³-hybridized carbons (Fsp3) is 0.391. The quantitative estimate of drug-likeness (QED) is 0.458. The molecule has 164 valence electrons. The van der Waals surface area contributed by atoms with Crippen LogP contribution in [-0.4, -0.2) is 40.3 Å². The van der Waals surface area contributed by atoms with Crippen LogP contribution in [0.5, 0.6) is 0 Å². The first kappa shape index (κ1) is 22.3. The Kier molecular flexibility index (Phi) is 6.58. The molecule has 0 aliphatic heterocycles. The Morgan fingerprint density at radius 2 is 1.68 bits per heavy atom. The molecule has 0 saturated carbocycles. The van der Waals surface area contributed by atoms with Crippen molar-refractivity contribution in [2.45, 2.75) is 50.6 Å². The Hall–Kier alpha value is -3.42. The Labute approximate surface area is 180 Å². The van der Waals surface area contributed by atoms with E-state index in [2.05, 4.69) is 5.32 Å². The molecule has 0 fully saturated rings. The van der Waals surface area contributed by atoms with Crippen molar-refractivity contribution >= 4 is 12.1 Å². The zero-order valence-corrected chi connectivity index (χ0v) is 17.5. The number of amides is 1. The molecule has 3 rings (SSSR count). The Morgan fingerprint density at radius 1 is 1.13 bits per heavy atom. The zero-order valence-electron chi connectivity index (χ0n) is 17.5. The number of carboxylic acid groups (broad SMARTS) is 1. The monoisotopic (exact) mass is 426 g/mol. The predicted octanol–water partition coefficient (Wildman–Crippen LogP) is 4.20. The number of carbonyl (C=O) groups excluding carboxylic acids is 1. The number of aliphatic carboxylic acids is 1. The van der Waals surface area contributed by atoms with Gasteiger partial charge in [-0.05, 0) is 35.1 Å². The van der Waals surface area contributed by atoms with E-state index in [1.54, 1.807) is 0 Å². The summed E-state index contributed by atoms with van der Waals surface area (Å²) in [4.78, 5) is 34.4. The fourth-order valence-corrected chi connectivity index (χ4v) is 3.87. The Balaban J connectivity index is 1.59. The number of nitrogens with one attached hydrogen (secondary N) is 1. The highest BCUT2D eigenvalue weighted by molar-refractivity contribution is 5.81. The summed E-state index contributed by atoms with van der Waals surface area (Å²) >= 11 is 0. The summed E-state index contributed by atoms with van der Waals surface area (Å²) in [5.74, 6) is -1.32. The van der Waals surface area contributed by atoms with Gasteiger partial charge < -0.3 is 15.2 Å². The van der Waals surface area contributed by atoms with E-state index in [-0.39, 0.29) is 36.7 Å². The summed E-state index contributed by atoms with van der Waals surface area (Å²) < 4.78 is 5.38. The van der Waals surface area contributed by atoms with Crippen LogP contribution in [0.3, 0.4) is 0 Å². The third-order valence-corrected chi connectivity index (χ3v) is 5.71. The molecule has 1 atom stereocenters. The van der Waals surface area contributed by atoms with Crippen molar-refractivity contribution in [3.63, 3.8) is 0 Å². The minimum absolute atomic E-state index is 0.0802. The van der Waals surface area contributed by atoms with E-state index in [0.29, 0.717) is 0 Å². The minimum atomic E-state index is -1.20. The highest BCUT2D eigenvalue weighted by Gasteiger charge is 2.32. The van der Waals surface area contributed by atoms with Crippen LogP contribution in [0.4, 0.5) is 4.79 Å². The van der Waals surface area contributed by atoms with Gasteiger partial charge in [-0.15, -0.1) is 0 Å². The number of rotatable bonds is 9. The summed E-state index contributed by atoms with van der Waals surface area (Å²) in [5.41, 5.74) is 3.18. The van der Waals surface area contributed by atoms with Crippen LogP contribution in [0, 0.1) is 10.1 Å². The first-order valence-corrected chi connectivity index (χ1v) is 10.2. The van der Waals surface area contributed by atoms with Crippen LogP contribution in [-0.2, 0) is 9.53 Å². The lowest BCUT2D eigenvalue weighted by atomic mass is 9.96. The fourth-order valence-electron chi connectivity index (χ4n) is 3.87. The standard InChI is InChI=1S/C23H26N2O6/c1-23(2,25(29)30)13-7-12-20(21(26)27)24-22(28)31-14-19-17-10-5-3-8-15(17)16-9-4-6-11-18(16)19/h3-6,8-11,19-20H,7,12-14H2,1-2H3,(H,24,28)(H,26,27). The van der Waals surface area contributed by atoms with Gasteiger partial charge in [-0.1, -0.05) is 48.5 Å². The summed E-state index contributed by atoms with van der Waals surface area (Å²) in [6.45, 7) is 3.06. The molecule has 0 radical (unpaired) electrons. The molecule has 1 unspecified atom stereocenters. The van der Waals surface area contributed by atoms with Crippen LogP contribution in [0.1, 0.15) is 50.2 Å². The number of benzene rings is 2. The largest absolute Gasteiger partial charge is 0.480 e. The number of alkyl carbamates (subject to hydrolysis) is 1. The predicted molar refractivity (Wildman–Crippen MR) is 115 cm³/mol. The number of hydrogen-bond acceptors (Lipinski definition) is 5. The summed E-state index contributed by atoms with van der Waals surface area (Å²) in [7, 11) is 0. The molecule has 31 heavy (non-hydrogen) atoms.